The normalized spacial score (nSPS) is 11.7. The maximum Gasteiger partial charge on any atom is 0.280 e. The summed E-state index contributed by atoms with van der Waals surface area (Å²) in [4.78, 5) is 24.9. The summed E-state index contributed by atoms with van der Waals surface area (Å²) < 4.78 is 1.45. The van der Waals surface area contributed by atoms with Crippen LogP contribution in [0.2, 0.25) is 0 Å². The number of H-pyrrole nitrogens is 1. The molecule has 1 amide bonds. The lowest BCUT2D eigenvalue weighted by atomic mass is 9.87. The fraction of sp³-hybridized carbons (Fsp3) is 0.227. The number of carbonyl (C=O) groups is 1. The van der Waals surface area contributed by atoms with Gasteiger partial charge in [-0.1, -0.05) is 51.1 Å². The zero-order valence-electron chi connectivity index (χ0n) is 16.5. The van der Waals surface area contributed by atoms with Gasteiger partial charge >= 0.3 is 0 Å². The van der Waals surface area contributed by atoms with Crippen molar-refractivity contribution >= 4 is 12.1 Å². The van der Waals surface area contributed by atoms with Crippen LogP contribution in [0.15, 0.2) is 64.5 Å². The Kier molecular flexibility index (Phi) is 5.31. The Morgan fingerprint density at radius 1 is 1.07 bits per heavy atom. The van der Waals surface area contributed by atoms with Crippen LogP contribution in [0.1, 0.15) is 48.0 Å². The van der Waals surface area contributed by atoms with Crippen molar-refractivity contribution in [1.29, 1.82) is 0 Å². The van der Waals surface area contributed by atoms with Gasteiger partial charge in [0, 0.05) is 11.3 Å². The molecule has 1 heterocycles. The monoisotopic (exact) mass is 376 g/mol. The third-order valence-corrected chi connectivity index (χ3v) is 4.50. The zero-order valence-corrected chi connectivity index (χ0v) is 16.5. The number of benzene rings is 2. The number of rotatable bonds is 4. The van der Waals surface area contributed by atoms with Gasteiger partial charge in [-0.3, -0.25) is 14.7 Å². The molecule has 0 saturated carbocycles. The topological polar surface area (TPSA) is 79.2 Å². The highest BCUT2D eigenvalue weighted by molar-refractivity contribution is 5.95. The van der Waals surface area contributed by atoms with Crippen LogP contribution >= 0.6 is 0 Å². The lowest BCUT2D eigenvalue weighted by molar-refractivity contribution is 0.0955. The lowest BCUT2D eigenvalue weighted by Gasteiger charge is -2.18. The minimum absolute atomic E-state index is 0.0254. The van der Waals surface area contributed by atoms with Gasteiger partial charge in [0.1, 0.15) is 0 Å². The summed E-state index contributed by atoms with van der Waals surface area (Å²) >= 11 is 0. The molecule has 0 bridgehead atoms. The first-order valence-corrected chi connectivity index (χ1v) is 9.08. The summed E-state index contributed by atoms with van der Waals surface area (Å²) in [6, 6.07) is 16.7. The van der Waals surface area contributed by atoms with E-state index in [0.29, 0.717) is 16.8 Å². The standard InChI is InChI=1S/C22H24N4O2/c1-15-19(21(28)26(25-15)18-8-6-5-7-9-18)14-23-24-20(27)16-10-12-17(13-11-16)22(2,3)4/h5-14,25H,1-4H3,(H,24,27). The second-order valence-corrected chi connectivity index (χ2v) is 7.65. The van der Waals surface area contributed by atoms with E-state index in [1.165, 1.54) is 10.9 Å². The van der Waals surface area contributed by atoms with Crippen molar-refractivity contribution < 1.29 is 4.79 Å². The molecule has 1 aromatic heterocycles. The fourth-order valence-corrected chi connectivity index (χ4v) is 2.81. The molecule has 0 atom stereocenters. The SMILES string of the molecule is Cc1[nH]n(-c2ccccc2)c(=O)c1C=NNC(=O)c1ccc(C(C)(C)C)cc1. The summed E-state index contributed by atoms with van der Waals surface area (Å²) in [6.45, 7) is 8.14. The van der Waals surface area contributed by atoms with E-state index in [2.05, 4.69) is 36.4 Å². The van der Waals surface area contributed by atoms with Gasteiger partial charge in [0.05, 0.1) is 17.5 Å². The second-order valence-electron chi connectivity index (χ2n) is 7.65. The molecular weight excluding hydrogens is 352 g/mol. The van der Waals surface area contributed by atoms with Gasteiger partial charge in [-0.05, 0) is 42.2 Å². The highest BCUT2D eigenvalue weighted by Gasteiger charge is 2.14. The average Bonchev–Trinajstić information content (AvgIpc) is 2.96. The van der Waals surface area contributed by atoms with Crippen molar-refractivity contribution in [3.8, 4) is 5.69 Å². The lowest BCUT2D eigenvalue weighted by Crippen LogP contribution is -2.20. The molecule has 0 aliphatic rings. The first-order chi connectivity index (χ1) is 13.3. The van der Waals surface area contributed by atoms with Crippen LogP contribution in [-0.2, 0) is 5.41 Å². The molecule has 2 aromatic carbocycles. The summed E-state index contributed by atoms with van der Waals surface area (Å²) in [5.74, 6) is -0.326. The first-order valence-electron chi connectivity index (χ1n) is 9.08. The Hall–Kier alpha value is -3.41. The molecule has 3 rings (SSSR count). The first kappa shape index (κ1) is 19.4. The van der Waals surface area contributed by atoms with E-state index in [9.17, 15) is 9.59 Å². The molecular formula is C22H24N4O2. The van der Waals surface area contributed by atoms with E-state index in [4.69, 9.17) is 0 Å². The molecule has 3 aromatic rings. The quantitative estimate of drug-likeness (QED) is 0.540. The Balaban J connectivity index is 1.74. The molecule has 0 saturated heterocycles. The molecule has 0 unspecified atom stereocenters. The Morgan fingerprint density at radius 3 is 2.32 bits per heavy atom. The van der Waals surface area contributed by atoms with Crippen LogP contribution in [0.25, 0.3) is 5.69 Å². The summed E-state index contributed by atoms with van der Waals surface area (Å²) in [7, 11) is 0. The number of nitrogens with one attached hydrogen (secondary N) is 2. The van der Waals surface area contributed by atoms with E-state index in [1.54, 1.807) is 19.1 Å². The van der Waals surface area contributed by atoms with Crippen molar-refractivity contribution in [2.24, 2.45) is 5.10 Å². The van der Waals surface area contributed by atoms with Gasteiger partial charge in [-0.2, -0.15) is 5.10 Å². The number of aromatic amines is 1. The largest absolute Gasteiger partial charge is 0.295 e. The van der Waals surface area contributed by atoms with Gasteiger partial charge in [-0.15, -0.1) is 0 Å². The van der Waals surface area contributed by atoms with Crippen LogP contribution < -0.4 is 11.0 Å². The van der Waals surface area contributed by atoms with Crippen molar-refractivity contribution in [1.82, 2.24) is 15.2 Å². The van der Waals surface area contributed by atoms with Crippen LogP contribution in [0, 0.1) is 6.92 Å². The van der Waals surface area contributed by atoms with Crippen molar-refractivity contribution in [2.75, 3.05) is 0 Å². The zero-order chi connectivity index (χ0) is 20.3. The molecule has 28 heavy (non-hydrogen) atoms. The number of hydrogen-bond donors (Lipinski definition) is 2. The van der Waals surface area contributed by atoms with E-state index >= 15 is 0 Å². The van der Waals surface area contributed by atoms with E-state index < -0.39 is 0 Å². The molecule has 0 fully saturated rings. The molecule has 144 valence electrons. The maximum atomic E-state index is 12.6. The number of amides is 1. The average molecular weight is 376 g/mol. The van der Waals surface area contributed by atoms with Gasteiger partial charge in [-0.25, -0.2) is 10.1 Å². The molecule has 0 spiro atoms. The highest BCUT2D eigenvalue weighted by atomic mass is 16.2. The van der Waals surface area contributed by atoms with Crippen LogP contribution in [-0.4, -0.2) is 21.9 Å². The molecule has 0 aliphatic carbocycles. The third kappa shape index (κ3) is 4.11. The third-order valence-electron chi connectivity index (χ3n) is 4.50. The van der Waals surface area contributed by atoms with Gasteiger partial charge < -0.3 is 0 Å². The number of hydrogen-bond acceptors (Lipinski definition) is 3. The summed E-state index contributed by atoms with van der Waals surface area (Å²) in [5, 5.41) is 6.98. The molecule has 6 nitrogen and oxygen atoms in total. The van der Waals surface area contributed by atoms with Crippen LogP contribution in [0.3, 0.4) is 0 Å². The van der Waals surface area contributed by atoms with Crippen LogP contribution in [0.5, 0.6) is 0 Å². The van der Waals surface area contributed by atoms with Crippen LogP contribution in [0.4, 0.5) is 0 Å². The number of nitrogens with zero attached hydrogens (tertiary/aromatic N) is 2. The minimum atomic E-state index is -0.326. The van der Waals surface area contributed by atoms with Gasteiger partial charge in [0.2, 0.25) is 0 Å². The van der Waals surface area contributed by atoms with E-state index in [0.717, 1.165) is 11.3 Å². The summed E-state index contributed by atoms with van der Waals surface area (Å²) in [6.07, 6.45) is 1.37. The molecule has 2 N–H and O–H groups in total. The number of carbonyl (C=O) groups excluding carboxylic acids is 1. The smallest absolute Gasteiger partial charge is 0.280 e. The molecule has 6 heteroatoms. The minimum Gasteiger partial charge on any atom is -0.295 e. The Labute approximate surface area is 163 Å². The molecule has 0 radical (unpaired) electrons. The van der Waals surface area contributed by atoms with E-state index in [-0.39, 0.29) is 16.9 Å². The second kappa shape index (κ2) is 7.68. The van der Waals surface area contributed by atoms with Crippen molar-refractivity contribution in [3.63, 3.8) is 0 Å². The predicted molar refractivity (Wildman–Crippen MR) is 111 cm³/mol. The van der Waals surface area contributed by atoms with Gasteiger partial charge in [0.15, 0.2) is 0 Å². The number of aromatic nitrogens is 2. The summed E-state index contributed by atoms with van der Waals surface area (Å²) in [5.41, 5.74) is 5.74. The fourth-order valence-electron chi connectivity index (χ4n) is 2.81. The van der Waals surface area contributed by atoms with E-state index in [1.807, 2.05) is 42.5 Å². The maximum absolute atomic E-state index is 12.6. The number of aryl methyl sites for hydroxylation is 1. The Morgan fingerprint density at radius 2 is 1.71 bits per heavy atom. The highest BCUT2D eigenvalue weighted by Crippen LogP contribution is 2.22. The Bertz CT molecular complexity index is 1050. The number of para-hydroxylation sites is 1. The molecule has 0 aliphatic heterocycles. The van der Waals surface area contributed by atoms with Crippen molar-refractivity contribution in [3.05, 3.63) is 87.3 Å². The number of hydrazone groups is 1. The van der Waals surface area contributed by atoms with Crippen molar-refractivity contribution in [2.45, 2.75) is 33.1 Å². The predicted octanol–water partition coefficient (Wildman–Crippen LogP) is 3.54. The van der Waals surface area contributed by atoms with Gasteiger partial charge in [0.25, 0.3) is 11.5 Å².